The molecule has 68 valence electrons. The number of nitrogens with one attached hydrogen (secondary N) is 1. The summed E-state index contributed by atoms with van der Waals surface area (Å²) in [5, 5.41) is 3.17. The topological polar surface area (TPSA) is 12.0 Å². The normalized spacial score (nSPS) is 13.4. The van der Waals surface area contributed by atoms with Crippen LogP contribution in [-0.4, -0.2) is 17.5 Å². The summed E-state index contributed by atoms with van der Waals surface area (Å²) in [4.78, 5) is 0. The van der Waals surface area contributed by atoms with Crippen molar-refractivity contribution in [2.75, 3.05) is 13.6 Å². The van der Waals surface area contributed by atoms with Crippen LogP contribution in [0.25, 0.3) is 0 Å². The number of unbranched alkanes of at least 4 members (excludes halogenated alkanes) is 1. The van der Waals surface area contributed by atoms with Gasteiger partial charge in [0.25, 0.3) is 0 Å². The fourth-order valence-electron chi connectivity index (χ4n) is 1.13. The van der Waals surface area contributed by atoms with E-state index in [2.05, 4.69) is 34.8 Å². The smallest absolute Gasteiger partial charge is 0.0110 e. The Kier molecular flexibility index (Phi) is 9.33. The molecule has 0 fully saturated rings. The number of rotatable bonds is 7. The second kappa shape index (κ2) is 8.78. The fourth-order valence-corrected chi connectivity index (χ4v) is 2.19. The van der Waals surface area contributed by atoms with E-state index in [1.165, 1.54) is 38.6 Å². The van der Waals surface area contributed by atoms with E-state index < -0.39 is 0 Å². The molecule has 11 heavy (non-hydrogen) atoms. The van der Waals surface area contributed by atoms with E-state index in [0.29, 0.717) is 0 Å². The van der Waals surface area contributed by atoms with E-state index in [0.717, 1.165) is 3.92 Å². The average molecular weight is 269 g/mol. The molecule has 0 aliphatic heterocycles. The monoisotopic (exact) mass is 269 g/mol. The minimum Gasteiger partial charge on any atom is -0.320 e. The summed E-state index contributed by atoms with van der Waals surface area (Å²) < 4.78 is 0.912. The van der Waals surface area contributed by atoms with Crippen molar-refractivity contribution in [1.29, 1.82) is 0 Å². The third-order valence-corrected chi connectivity index (χ3v) is 3.04. The number of hydrogen-bond acceptors (Lipinski definition) is 1. The molecule has 1 atom stereocenters. The number of hydrogen-bond donors (Lipinski definition) is 1. The third-order valence-electron chi connectivity index (χ3n) is 1.80. The summed E-state index contributed by atoms with van der Waals surface area (Å²) in [6.45, 7) is 3.44. The summed E-state index contributed by atoms with van der Waals surface area (Å²) in [5.41, 5.74) is 0. The second-order valence-electron chi connectivity index (χ2n) is 2.99. The van der Waals surface area contributed by atoms with E-state index >= 15 is 0 Å². The van der Waals surface area contributed by atoms with Crippen molar-refractivity contribution in [2.24, 2.45) is 0 Å². The first-order valence-electron chi connectivity index (χ1n) is 4.60. The lowest BCUT2D eigenvalue weighted by Gasteiger charge is -2.06. The maximum Gasteiger partial charge on any atom is 0.0110 e. The first-order chi connectivity index (χ1) is 5.31. The molecule has 0 spiro atoms. The standard InChI is InChI=1S/C9H20IN/c1-3-6-9(10)7-4-5-8-11-2/h9,11H,3-8H2,1-2H3. The largest absolute Gasteiger partial charge is 0.320 e. The van der Waals surface area contributed by atoms with Gasteiger partial charge in [0.15, 0.2) is 0 Å². The Morgan fingerprint density at radius 3 is 2.55 bits per heavy atom. The molecular weight excluding hydrogens is 249 g/mol. The van der Waals surface area contributed by atoms with Crippen molar-refractivity contribution in [1.82, 2.24) is 5.32 Å². The molecule has 0 aromatic carbocycles. The zero-order valence-electron chi connectivity index (χ0n) is 7.70. The predicted octanol–water partition coefficient (Wildman–Crippen LogP) is 2.98. The van der Waals surface area contributed by atoms with Crippen LogP contribution in [0.4, 0.5) is 0 Å². The Bertz CT molecular complexity index is 76.0. The van der Waals surface area contributed by atoms with Gasteiger partial charge in [-0.3, -0.25) is 0 Å². The fraction of sp³-hybridized carbons (Fsp3) is 1.00. The Labute approximate surface area is 84.5 Å². The maximum atomic E-state index is 3.17. The minimum atomic E-state index is 0.912. The highest BCUT2D eigenvalue weighted by molar-refractivity contribution is 14.1. The van der Waals surface area contributed by atoms with Crippen LogP contribution < -0.4 is 5.32 Å². The molecule has 0 radical (unpaired) electrons. The summed E-state index contributed by atoms with van der Waals surface area (Å²) in [6, 6.07) is 0. The van der Waals surface area contributed by atoms with Gasteiger partial charge in [-0.1, -0.05) is 42.4 Å². The predicted molar refractivity (Wildman–Crippen MR) is 60.5 cm³/mol. The summed E-state index contributed by atoms with van der Waals surface area (Å²) in [7, 11) is 2.02. The maximum absolute atomic E-state index is 3.17. The molecule has 0 heterocycles. The molecule has 1 nitrogen and oxygen atoms in total. The molecule has 0 bridgehead atoms. The van der Waals surface area contributed by atoms with Gasteiger partial charge < -0.3 is 5.32 Å². The van der Waals surface area contributed by atoms with Crippen LogP contribution in [0.3, 0.4) is 0 Å². The molecule has 0 saturated heterocycles. The van der Waals surface area contributed by atoms with Crippen LogP contribution in [0, 0.1) is 0 Å². The Balaban J connectivity index is 2.97. The Morgan fingerprint density at radius 1 is 1.27 bits per heavy atom. The van der Waals surface area contributed by atoms with Crippen molar-refractivity contribution >= 4 is 22.6 Å². The lowest BCUT2D eigenvalue weighted by atomic mass is 10.1. The first-order valence-corrected chi connectivity index (χ1v) is 5.84. The molecule has 1 unspecified atom stereocenters. The molecule has 0 aliphatic rings. The summed E-state index contributed by atoms with van der Waals surface area (Å²) >= 11 is 2.57. The molecule has 1 N–H and O–H groups in total. The lowest BCUT2D eigenvalue weighted by Crippen LogP contribution is -2.08. The van der Waals surface area contributed by atoms with Crippen LogP contribution in [0.1, 0.15) is 39.0 Å². The van der Waals surface area contributed by atoms with E-state index in [1.807, 2.05) is 7.05 Å². The highest BCUT2D eigenvalue weighted by Gasteiger charge is 2.00. The average Bonchev–Trinajstić information content (AvgIpc) is 1.99. The summed E-state index contributed by atoms with van der Waals surface area (Å²) in [6.07, 6.45) is 6.84. The number of halogens is 1. The van der Waals surface area contributed by atoms with Crippen molar-refractivity contribution < 1.29 is 0 Å². The van der Waals surface area contributed by atoms with Gasteiger partial charge in [0.1, 0.15) is 0 Å². The van der Waals surface area contributed by atoms with Crippen molar-refractivity contribution in [3.8, 4) is 0 Å². The van der Waals surface area contributed by atoms with Crippen molar-refractivity contribution in [2.45, 2.75) is 43.0 Å². The minimum absolute atomic E-state index is 0.912. The van der Waals surface area contributed by atoms with Gasteiger partial charge >= 0.3 is 0 Å². The molecule has 0 amide bonds. The van der Waals surface area contributed by atoms with Gasteiger partial charge in [-0.2, -0.15) is 0 Å². The van der Waals surface area contributed by atoms with Crippen molar-refractivity contribution in [3.63, 3.8) is 0 Å². The van der Waals surface area contributed by atoms with Gasteiger partial charge in [0.05, 0.1) is 0 Å². The van der Waals surface area contributed by atoms with Gasteiger partial charge in [-0.25, -0.2) is 0 Å². The van der Waals surface area contributed by atoms with Gasteiger partial charge in [-0.15, -0.1) is 0 Å². The van der Waals surface area contributed by atoms with Gasteiger partial charge in [0, 0.05) is 3.92 Å². The van der Waals surface area contributed by atoms with Gasteiger partial charge in [0.2, 0.25) is 0 Å². The van der Waals surface area contributed by atoms with E-state index in [4.69, 9.17) is 0 Å². The summed E-state index contributed by atoms with van der Waals surface area (Å²) in [5.74, 6) is 0. The molecule has 0 saturated carbocycles. The number of alkyl halides is 1. The molecule has 0 aliphatic carbocycles. The zero-order valence-corrected chi connectivity index (χ0v) is 9.86. The first kappa shape index (κ1) is 11.7. The molecule has 2 heteroatoms. The molecule has 0 aromatic heterocycles. The highest BCUT2D eigenvalue weighted by atomic mass is 127. The zero-order chi connectivity index (χ0) is 8.53. The Hall–Kier alpha value is 0.690. The van der Waals surface area contributed by atoms with Crippen LogP contribution >= 0.6 is 22.6 Å². The molecular formula is C9H20IN. The Morgan fingerprint density at radius 2 is 2.00 bits per heavy atom. The van der Waals surface area contributed by atoms with Crippen LogP contribution in [0.5, 0.6) is 0 Å². The third kappa shape index (κ3) is 8.60. The van der Waals surface area contributed by atoms with Crippen LogP contribution in [0.2, 0.25) is 0 Å². The quantitative estimate of drug-likeness (QED) is 0.425. The molecule has 0 rings (SSSR count). The highest BCUT2D eigenvalue weighted by Crippen LogP contribution is 2.15. The SMILES string of the molecule is CCCC(I)CCCCNC. The van der Waals surface area contributed by atoms with E-state index in [9.17, 15) is 0 Å². The van der Waals surface area contributed by atoms with Crippen molar-refractivity contribution in [3.05, 3.63) is 0 Å². The van der Waals surface area contributed by atoms with Gasteiger partial charge in [-0.05, 0) is 32.9 Å². The second-order valence-corrected chi connectivity index (χ2v) is 4.75. The van der Waals surface area contributed by atoms with E-state index in [1.54, 1.807) is 0 Å². The lowest BCUT2D eigenvalue weighted by molar-refractivity contribution is 0.614. The van der Waals surface area contributed by atoms with E-state index in [-0.39, 0.29) is 0 Å². The van der Waals surface area contributed by atoms with Crippen LogP contribution in [0.15, 0.2) is 0 Å². The molecule has 0 aromatic rings. The van der Waals surface area contributed by atoms with Crippen LogP contribution in [-0.2, 0) is 0 Å².